The van der Waals surface area contributed by atoms with Crippen molar-refractivity contribution >= 4 is 17.1 Å². The van der Waals surface area contributed by atoms with Crippen LogP contribution in [-0.2, 0) is 4.74 Å². The average molecular weight is 252 g/mol. The highest BCUT2D eigenvalue weighted by molar-refractivity contribution is 7.12. The Bertz CT molecular complexity index is 402. The molecule has 94 valence electrons. The Hall–Kier alpha value is -0.670. The Morgan fingerprint density at radius 3 is 2.71 bits per heavy atom. The van der Waals surface area contributed by atoms with E-state index < -0.39 is 0 Å². The molecule has 0 N–H and O–H groups in total. The molecule has 1 aromatic heterocycles. The summed E-state index contributed by atoms with van der Waals surface area (Å²) in [7, 11) is 0. The Kier molecular flexibility index (Phi) is 4.00. The molecule has 1 saturated carbocycles. The number of carbonyl (C=O) groups excluding carboxylic acids is 1. The molecule has 0 unspecified atom stereocenters. The maximum atomic E-state index is 12.1. The molecule has 0 bridgehead atoms. The third kappa shape index (κ3) is 2.96. The van der Waals surface area contributed by atoms with Gasteiger partial charge in [0.2, 0.25) is 0 Å². The van der Waals surface area contributed by atoms with Gasteiger partial charge in [-0.25, -0.2) is 0 Å². The van der Waals surface area contributed by atoms with E-state index in [9.17, 15) is 4.79 Å². The van der Waals surface area contributed by atoms with Crippen LogP contribution in [0.25, 0.3) is 0 Å². The van der Waals surface area contributed by atoms with E-state index in [-0.39, 0.29) is 0 Å². The smallest absolute Gasteiger partial charge is 0.164 e. The molecule has 0 saturated heterocycles. The van der Waals surface area contributed by atoms with Gasteiger partial charge in [0, 0.05) is 28.3 Å². The number of ketones is 1. The number of aryl methyl sites for hydroxylation is 2. The molecule has 0 atom stereocenters. The lowest BCUT2D eigenvalue weighted by Gasteiger charge is -2.34. The topological polar surface area (TPSA) is 26.3 Å². The van der Waals surface area contributed by atoms with Gasteiger partial charge in [0.25, 0.3) is 0 Å². The molecule has 0 amide bonds. The summed E-state index contributed by atoms with van der Waals surface area (Å²) in [5.41, 5.74) is 0.937. The Balaban J connectivity index is 1.85. The summed E-state index contributed by atoms with van der Waals surface area (Å²) in [6.07, 6.45) is 3.22. The summed E-state index contributed by atoms with van der Waals surface area (Å²) in [5, 5.41) is 0. The maximum absolute atomic E-state index is 12.1. The standard InChI is InChI=1S/C14H20O2S/c1-4-16-12-6-11(7-12)8-14(15)13-5-9(2)17-10(13)3/h5,11-12H,4,6-8H2,1-3H3. The Morgan fingerprint density at radius 2 is 2.18 bits per heavy atom. The van der Waals surface area contributed by atoms with E-state index in [0.717, 1.165) is 29.9 Å². The van der Waals surface area contributed by atoms with Gasteiger partial charge in [-0.05, 0) is 45.6 Å². The van der Waals surface area contributed by atoms with E-state index in [1.807, 2.05) is 19.9 Å². The highest BCUT2D eigenvalue weighted by Gasteiger charge is 2.31. The van der Waals surface area contributed by atoms with Gasteiger partial charge < -0.3 is 4.74 Å². The Labute approximate surface area is 107 Å². The molecule has 1 aromatic rings. The quantitative estimate of drug-likeness (QED) is 0.746. The maximum Gasteiger partial charge on any atom is 0.164 e. The zero-order valence-electron chi connectivity index (χ0n) is 10.8. The lowest BCUT2D eigenvalue weighted by Crippen LogP contribution is -2.32. The second-order valence-corrected chi connectivity index (χ2v) is 6.33. The van der Waals surface area contributed by atoms with Crippen molar-refractivity contribution in [3.63, 3.8) is 0 Å². The second-order valence-electron chi connectivity index (χ2n) is 4.87. The first kappa shape index (κ1) is 12.8. The van der Waals surface area contributed by atoms with E-state index in [0.29, 0.717) is 24.2 Å². The second kappa shape index (κ2) is 5.32. The molecule has 0 spiro atoms. The fourth-order valence-electron chi connectivity index (χ4n) is 2.49. The highest BCUT2D eigenvalue weighted by Crippen LogP contribution is 2.34. The minimum absolute atomic E-state index is 0.312. The van der Waals surface area contributed by atoms with Crippen molar-refractivity contribution in [2.45, 2.75) is 46.1 Å². The van der Waals surface area contributed by atoms with Crippen LogP contribution in [0.15, 0.2) is 6.07 Å². The molecule has 0 aromatic carbocycles. The first-order chi connectivity index (χ1) is 8.10. The number of rotatable bonds is 5. The third-order valence-electron chi connectivity index (χ3n) is 3.41. The molecule has 1 aliphatic carbocycles. The van der Waals surface area contributed by atoms with E-state index in [2.05, 4.69) is 6.92 Å². The molecule has 1 aliphatic rings. The number of hydrogen-bond donors (Lipinski definition) is 0. The van der Waals surface area contributed by atoms with Gasteiger partial charge in [0.1, 0.15) is 0 Å². The normalized spacial score (nSPS) is 23.5. The summed E-state index contributed by atoms with van der Waals surface area (Å²) in [4.78, 5) is 14.5. The van der Waals surface area contributed by atoms with Crippen molar-refractivity contribution in [1.82, 2.24) is 0 Å². The predicted molar refractivity (Wildman–Crippen MR) is 70.9 cm³/mol. The summed E-state index contributed by atoms with van der Waals surface area (Å²) in [6.45, 7) is 6.90. The lowest BCUT2D eigenvalue weighted by atomic mass is 9.78. The summed E-state index contributed by atoms with van der Waals surface area (Å²) in [5.74, 6) is 0.852. The SMILES string of the molecule is CCOC1CC(CC(=O)c2cc(C)sc2C)C1. The molecule has 3 heteroatoms. The van der Waals surface area contributed by atoms with Crippen LogP contribution >= 0.6 is 11.3 Å². The van der Waals surface area contributed by atoms with Crippen molar-refractivity contribution in [2.75, 3.05) is 6.61 Å². The molecule has 17 heavy (non-hydrogen) atoms. The largest absolute Gasteiger partial charge is 0.378 e. The van der Waals surface area contributed by atoms with Crippen LogP contribution in [0.5, 0.6) is 0 Å². The molecule has 2 nitrogen and oxygen atoms in total. The van der Waals surface area contributed by atoms with Crippen LogP contribution in [0, 0.1) is 19.8 Å². The summed E-state index contributed by atoms with van der Waals surface area (Å²) >= 11 is 1.71. The van der Waals surface area contributed by atoms with Crippen LogP contribution < -0.4 is 0 Å². The van der Waals surface area contributed by atoms with Gasteiger partial charge in [-0.2, -0.15) is 0 Å². The number of hydrogen-bond acceptors (Lipinski definition) is 3. The highest BCUT2D eigenvalue weighted by atomic mass is 32.1. The number of ether oxygens (including phenoxy) is 1. The fraction of sp³-hybridized carbons (Fsp3) is 0.643. The fourth-order valence-corrected chi connectivity index (χ4v) is 3.44. The number of thiophene rings is 1. The molecule has 0 radical (unpaired) electrons. The predicted octanol–water partition coefficient (Wildman–Crippen LogP) is 3.75. The van der Waals surface area contributed by atoms with Gasteiger partial charge in [-0.15, -0.1) is 11.3 Å². The monoisotopic (exact) mass is 252 g/mol. The van der Waals surface area contributed by atoms with Gasteiger partial charge in [-0.3, -0.25) is 4.79 Å². The molecule has 0 aliphatic heterocycles. The molecule has 1 heterocycles. The van der Waals surface area contributed by atoms with Crippen LogP contribution in [0.4, 0.5) is 0 Å². The lowest BCUT2D eigenvalue weighted by molar-refractivity contribution is -0.0246. The molecule has 2 rings (SSSR count). The van der Waals surface area contributed by atoms with Crippen molar-refractivity contribution in [3.8, 4) is 0 Å². The van der Waals surface area contributed by atoms with Crippen molar-refractivity contribution in [1.29, 1.82) is 0 Å². The van der Waals surface area contributed by atoms with E-state index in [4.69, 9.17) is 4.74 Å². The van der Waals surface area contributed by atoms with Crippen LogP contribution in [0.1, 0.15) is 46.3 Å². The first-order valence-corrected chi connectivity index (χ1v) is 7.13. The van der Waals surface area contributed by atoms with E-state index in [1.165, 1.54) is 4.88 Å². The van der Waals surface area contributed by atoms with Gasteiger partial charge >= 0.3 is 0 Å². The van der Waals surface area contributed by atoms with Crippen molar-refractivity contribution in [2.24, 2.45) is 5.92 Å². The molecular weight excluding hydrogens is 232 g/mol. The van der Waals surface area contributed by atoms with Gasteiger partial charge in [0.05, 0.1) is 6.10 Å². The third-order valence-corrected chi connectivity index (χ3v) is 4.38. The van der Waals surface area contributed by atoms with Gasteiger partial charge in [-0.1, -0.05) is 0 Å². The number of carbonyl (C=O) groups is 1. The first-order valence-electron chi connectivity index (χ1n) is 6.32. The molecule has 1 fully saturated rings. The Morgan fingerprint density at radius 1 is 1.47 bits per heavy atom. The summed E-state index contributed by atoms with van der Waals surface area (Å²) < 4.78 is 5.51. The van der Waals surface area contributed by atoms with Crippen LogP contribution in [0.2, 0.25) is 0 Å². The van der Waals surface area contributed by atoms with Crippen molar-refractivity contribution < 1.29 is 9.53 Å². The summed E-state index contributed by atoms with van der Waals surface area (Å²) in [6, 6.07) is 2.03. The van der Waals surface area contributed by atoms with E-state index in [1.54, 1.807) is 11.3 Å². The van der Waals surface area contributed by atoms with Crippen LogP contribution in [-0.4, -0.2) is 18.5 Å². The number of Topliss-reactive ketones (excluding diaryl/α,β-unsaturated/α-hetero) is 1. The zero-order chi connectivity index (χ0) is 12.4. The van der Waals surface area contributed by atoms with Gasteiger partial charge in [0.15, 0.2) is 5.78 Å². The minimum atomic E-state index is 0.312. The van der Waals surface area contributed by atoms with Crippen molar-refractivity contribution in [3.05, 3.63) is 21.4 Å². The zero-order valence-corrected chi connectivity index (χ0v) is 11.6. The average Bonchev–Trinajstić information content (AvgIpc) is 2.54. The van der Waals surface area contributed by atoms with Crippen LogP contribution in [0.3, 0.4) is 0 Å². The van der Waals surface area contributed by atoms with E-state index >= 15 is 0 Å². The molecular formula is C14H20O2S. The minimum Gasteiger partial charge on any atom is -0.378 e.